The molecule has 1 saturated heterocycles. The standard InChI is InChI=1S/C10H16N2O4S4/c1-19(13,14)10-7-17-3-2-12(10)20(15,16)9-4-8(5-11)18-6-9/h4,6,10H,2-3,5,7,11H2,1H3. The SMILES string of the molecule is CS(=O)(=O)C1CSCCN1S(=O)(=O)c1csc(CN)c1. The summed E-state index contributed by atoms with van der Waals surface area (Å²) in [6.45, 7) is 0.476. The van der Waals surface area contributed by atoms with Crippen molar-refractivity contribution in [2.75, 3.05) is 24.3 Å². The molecule has 1 aliphatic rings. The quantitative estimate of drug-likeness (QED) is 0.834. The Labute approximate surface area is 127 Å². The molecule has 0 saturated carbocycles. The van der Waals surface area contributed by atoms with E-state index < -0.39 is 25.2 Å². The van der Waals surface area contributed by atoms with E-state index in [1.807, 2.05) is 0 Å². The van der Waals surface area contributed by atoms with Gasteiger partial charge < -0.3 is 5.73 Å². The van der Waals surface area contributed by atoms with Crippen molar-refractivity contribution >= 4 is 43.0 Å². The van der Waals surface area contributed by atoms with Gasteiger partial charge in [0.05, 0.1) is 4.90 Å². The Morgan fingerprint density at radius 1 is 1.40 bits per heavy atom. The van der Waals surface area contributed by atoms with Crippen molar-refractivity contribution in [1.82, 2.24) is 4.31 Å². The minimum Gasteiger partial charge on any atom is -0.326 e. The average molecular weight is 357 g/mol. The van der Waals surface area contributed by atoms with Crippen LogP contribution in [0.1, 0.15) is 4.88 Å². The van der Waals surface area contributed by atoms with Gasteiger partial charge in [0.1, 0.15) is 5.37 Å². The van der Waals surface area contributed by atoms with Gasteiger partial charge in [0.15, 0.2) is 9.84 Å². The second-order valence-electron chi connectivity index (χ2n) is 4.43. The van der Waals surface area contributed by atoms with Crippen molar-refractivity contribution in [3.8, 4) is 0 Å². The summed E-state index contributed by atoms with van der Waals surface area (Å²) in [5, 5.41) is 0.519. The summed E-state index contributed by atoms with van der Waals surface area (Å²) in [6, 6.07) is 1.51. The van der Waals surface area contributed by atoms with Crippen LogP contribution in [0.15, 0.2) is 16.3 Å². The zero-order valence-corrected chi connectivity index (χ0v) is 14.1. The lowest BCUT2D eigenvalue weighted by atomic mass is 10.5. The molecule has 20 heavy (non-hydrogen) atoms. The van der Waals surface area contributed by atoms with Crippen LogP contribution in [0.25, 0.3) is 0 Å². The fourth-order valence-electron chi connectivity index (χ4n) is 1.92. The topological polar surface area (TPSA) is 97.5 Å². The fraction of sp³-hybridized carbons (Fsp3) is 0.600. The monoisotopic (exact) mass is 356 g/mol. The molecule has 1 aromatic heterocycles. The molecule has 0 spiro atoms. The van der Waals surface area contributed by atoms with Gasteiger partial charge in [-0.2, -0.15) is 16.1 Å². The third-order valence-corrected chi connectivity index (χ3v) is 8.74. The number of nitrogens with zero attached hydrogens (tertiary/aromatic N) is 1. The molecule has 0 bridgehead atoms. The molecule has 10 heteroatoms. The molecule has 1 atom stereocenters. The number of hydrogen-bond donors (Lipinski definition) is 1. The van der Waals surface area contributed by atoms with Crippen LogP contribution in [0, 0.1) is 0 Å². The zero-order chi connectivity index (χ0) is 15.0. The Kier molecular flexibility index (Phi) is 4.82. The van der Waals surface area contributed by atoms with Gasteiger partial charge in [0.25, 0.3) is 0 Å². The van der Waals surface area contributed by atoms with Gasteiger partial charge in [-0.3, -0.25) is 0 Å². The molecule has 1 aromatic rings. The minimum atomic E-state index is -3.79. The van der Waals surface area contributed by atoms with Gasteiger partial charge in [-0.25, -0.2) is 16.8 Å². The summed E-state index contributed by atoms with van der Waals surface area (Å²) in [5.41, 5.74) is 5.48. The first-order valence-electron chi connectivity index (χ1n) is 5.82. The Balaban J connectivity index is 2.40. The predicted octanol–water partition coefficient (Wildman–Crippen LogP) is 0.315. The van der Waals surface area contributed by atoms with Crippen LogP contribution in [0.2, 0.25) is 0 Å². The lowest BCUT2D eigenvalue weighted by Crippen LogP contribution is -2.49. The molecule has 1 aliphatic heterocycles. The molecule has 0 aromatic carbocycles. The Morgan fingerprint density at radius 2 is 2.10 bits per heavy atom. The van der Waals surface area contributed by atoms with Crippen molar-refractivity contribution in [3.63, 3.8) is 0 Å². The molecular formula is C10H16N2O4S4. The summed E-state index contributed by atoms with van der Waals surface area (Å²) in [5.74, 6) is 0.866. The number of rotatable bonds is 4. The largest absolute Gasteiger partial charge is 0.326 e. The molecule has 2 N–H and O–H groups in total. The van der Waals surface area contributed by atoms with Crippen LogP contribution in [-0.2, 0) is 26.4 Å². The van der Waals surface area contributed by atoms with Gasteiger partial charge in [0, 0.05) is 41.1 Å². The number of thiophene rings is 1. The predicted molar refractivity (Wildman–Crippen MR) is 82.1 cm³/mol. The Morgan fingerprint density at radius 3 is 2.65 bits per heavy atom. The molecule has 2 rings (SSSR count). The summed E-state index contributed by atoms with van der Waals surface area (Å²) in [7, 11) is -7.25. The first-order valence-corrected chi connectivity index (χ1v) is 11.3. The van der Waals surface area contributed by atoms with Gasteiger partial charge in [-0.1, -0.05) is 0 Å². The van der Waals surface area contributed by atoms with E-state index in [0.29, 0.717) is 5.75 Å². The maximum Gasteiger partial charge on any atom is 0.245 e. The van der Waals surface area contributed by atoms with Crippen molar-refractivity contribution in [2.45, 2.75) is 16.8 Å². The maximum atomic E-state index is 12.6. The van der Waals surface area contributed by atoms with Crippen LogP contribution in [0.5, 0.6) is 0 Å². The van der Waals surface area contributed by atoms with Crippen molar-refractivity contribution in [3.05, 3.63) is 16.3 Å². The molecule has 0 aliphatic carbocycles. The van der Waals surface area contributed by atoms with E-state index in [2.05, 4.69) is 0 Å². The van der Waals surface area contributed by atoms with Crippen molar-refractivity contribution in [2.24, 2.45) is 5.73 Å². The average Bonchev–Trinajstić information content (AvgIpc) is 2.87. The molecule has 0 amide bonds. The van der Waals surface area contributed by atoms with Gasteiger partial charge in [-0.05, 0) is 6.07 Å². The molecule has 114 valence electrons. The number of nitrogens with two attached hydrogens (primary N) is 1. The lowest BCUT2D eigenvalue weighted by molar-refractivity contribution is 0.405. The van der Waals surface area contributed by atoms with Crippen LogP contribution in [0.3, 0.4) is 0 Å². The van der Waals surface area contributed by atoms with E-state index in [9.17, 15) is 16.8 Å². The molecule has 6 nitrogen and oxygen atoms in total. The van der Waals surface area contributed by atoms with Gasteiger partial charge >= 0.3 is 0 Å². The number of thioether (sulfide) groups is 1. The van der Waals surface area contributed by atoms with Gasteiger partial charge in [0.2, 0.25) is 10.0 Å². The number of sulfone groups is 1. The number of hydrogen-bond acceptors (Lipinski definition) is 7. The van der Waals surface area contributed by atoms with E-state index >= 15 is 0 Å². The Hall–Kier alpha value is -0.130. The normalized spacial score (nSPS) is 22.0. The second-order valence-corrected chi connectivity index (χ2v) is 10.7. The molecular weight excluding hydrogens is 340 g/mol. The maximum absolute atomic E-state index is 12.6. The van der Waals surface area contributed by atoms with Crippen molar-refractivity contribution < 1.29 is 16.8 Å². The third-order valence-electron chi connectivity index (χ3n) is 2.97. The van der Waals surface area contributed by atoms with E-state index in [1.54, 1.807) is 0 Å². The highest BCUT2D eigenvalue weighted by atomic mass is 32.2. The molecule has 2 heterocycles. The summed E-state index contributed by atoms with van der Waals surface area (Å²) in [6.07, 6.45) is 1.07. The van der Waals surface area contributed by atoms with Gasteiger partial charge in [-0.15, -0.1) is 11.3 Å². The lowest BCUT2D eigenvalue weighted by Gasteiger charge is -2.32. The summed E-state index contributed by atoms with van der Waals surface area (Å²) in [4.78, 5) is 0.884. The first-order chi connectivity index (χ1) is 9.26. The van der Waals surface area contributed by atoms with E-state index in [0.717, 1.165) is 15.4 Å². The smallest absolute Gasteiger partial charge is 0.245 e. The number of sulfonamides is 1. The minimum absolute atomic E-state index is 0.128. The fourth-order valence-corrected chi connectivity index (χ4v) is 8.23. The van der Waals surface area contributed by atoms with E-state index in [4.69, 9.17) is 5.73 Å². The highest BCUT2D eigenvalue weighted by Gasteiger charge is 2.39. The van der Waals surface area contributed by atoms with Crippen LogP contribution in [0.4, 0.5) is 0 Å². The van der Waals surface area contributed by atoms with Crippen LogP contribution in [-0.4, -0.2) is 50.8 Å². The summed E-state index contributed by atoms with van der Waals surface area (Å²) >= 11 is 2.72. The molecule has 0 radical (unpaired) electrons. The summed E-state index contributed by atoms with van der Waals surface area (Å²) < 4.78 is 49.9. The van der Waals surface area contributed by atoms with Crippen LogP contribution < -0.4 is 5.73 Å². The van der Waals surface area contributed by atoms with Crippen molar-refractivity contribution in [1.29, 1.82) is 0 Å². The Bertz CT molecular complexity index is 680. The first kappa shape index (κ1) is 16.2. The molecule has 1 fully saturated rings. The highest BCUT2D eigenvalue weighted by Crippen LogP contribution is 2.29. The van der Waals surface area contributed by atoms with E-state index in [1.165, 1.54) is 34.5 Å². The third kappa shape index (κ3) is 3.20. The van der Waals surface area contributed by atoms with E-state index in [-0.39, 0.29) is 23.7 Å². The molecule has 1 unspecified atom stereocenters. The van der Waals surface area contributed by atoms with Crippen LogP contribution >= 0.6 is 23.1 Å². The highest BCUT2D eigenvalue weighted by molar-refractivity contribution is 8.01. The second kappa shape index (κ2) is 5.93. The zero-order valence-electron chi connectivity index (χ0n) is 10.9.